The Balaban J connectivity index is 1.26. The Hall–Kier alpha value is -3.06. The number of anilines is 1. The summed E-state index contributed by atoms with van der Waals surface area (Å²) in [5, 5.41) is 7.16. The van der Waals surface area contributed by atoms with Crippen molar-refractivity contribution in [2.75, 3.05) is 18.4 Å². The Morgan fingerprint density at radius 3 is 2.76 bits per heavy atom. The first kappa shape index (κ1) is 27.0. The number of rotatable bonds is 12. The quantitative estimate of drug-likeness (QED) is 0.270. The highest BCUT2D eigenvalue weighted by Gasteiger charge is 2.23. The second kappa shape index (κ2) is 13.5. The maximum atomic E-state index is 13.9. The molecule has 1 N–H and O–H groups in total. The summed E-state index contributed by atoms with van der Waals surface area (Å²) in [4.78, 5) is 19.2. The van der Waals surface area contributed by atoms with Crippen molar-refractivity contribution in [3.8, 4) is 11.4 Å². The number of nitrogens with zero attached hydrogens (tertiary/aromatic N) is 3. The SMILES string of the molecule is CCCCCCCC(=O)Nc1ccc(-c2noc(CC3CCCN(Cc4cccc(F)c4C)C3)n2)cc1. The molecule has 1 unspecified atom stereocenters. The first-order valence-electron chi connectivity index (χ1n) is 13.7. The van der Waals surface area contributed by atoms with Gasteiger partial charge in [-0.15, -0.1) is 0 Å². The Kier molecular flexibility index (Phi) is 9.83. The normalized spacial score (nSPS) is 16.1. The molecule has 7 heteroatoms. The summed E-state index contributed by atoms with van der Waals surface area (Å²) < 4.78 is 19.5. The minimum Gasteiger partial charge on any atom is -0.339 e. The summed E-state index contributed by atoms with van der Waals surface area (Å²) in [5.41, 5.74) is 3.42. The van der Waals surface area contributed by atoms with Crippen molar-refractivity contribution in [1.29, 1.82) is 0 Å². The fourth-order valence-corrected chi connectivity index (χ4v) is 5.04. The summed E-state index contributed by atoms with van der Waals surface area (Å²) >= 11 is 0. The lowest BCUT2D eigenvalue weighted by Gasteiger charge is -2.32. The number of piperidine rings is 1. The number of hydrogen-bond acceptors (Lipinski definition) is 5. The lowest BCUT2D eigenvalue weighted by molar-refractivity contribution is -0.116. The average Bonchev–Trinajstić information content (AvgIpc) is 3.36. The van der Waals surface area contributed by atoms with E-state index >= 15 is 0 Å². The van der Waals surface area contributed by atoms with Crippen LogP contribution in [0.15, 0.2) is 47.0 Å². The minimum absolute atomic E-state index is 0.0557. The number of amides is 1. The summed E-state index contributed by atoms with van der Waals surface area (Å²) in [6.07, 6.45) is 9.17. The highest BCUT2D eigenvalue weighted by atomic mass is 19.1. The molecule has 0 spiro atoms. The molecule has 3 aromatic rings. The number of likely N-dealkylation sites (tertiary alicyclic amines) is 1. The maximum absolute atomic E-state index is 13.9. The lowest BCUT2D eigenvalue weighted by atomic mass is 9.94. The number of halogens is 1. The first-order chi connectivity index (χ1) is 18.0. The van der Waals surface area contributed by atoms with Gasteiger partial charge in [0, 0.05) is 37.2 Å². The molecule has 1 aromatic heterocycles. The smallest absolute Gasteiger partial charge is 0.227 e. The molecule has 0 bridgehead atoms. The van der Waals surface area contributed by atoms with Crippen molar-refractivity contribution in [2.24, 2.45) is 5.92 Å². The number of aromatic nitrogens is 2. The maximum Gasteiger partial charge on any atom is 0.227 e. The third-order valence-electron chi connectivity index (χ3n) is 7.24. The highest BCUT2D eigenvalue weighted by Crippen LogP contribution is 2.25. The van der Waals surface area contributed by atoms with Crippen LogP contribution in [-0.4, -0.2) is 34.0 Å². The van der Waals surface area contributed by atoms with Gasteiger partial charge in [-0.1, -0.05) is 49.9 Å². The van der Waals surface area contributed by atoms with Gasteiger partial charge in [0.05, 0.1) is 0 Å². The van der Waals surface area contributed by atoms with Crippen molar-refractivity contribution in [1.82, 2.24) is 15.0 Å². The third kappa shape index (κ3) is 7.96. The number of nitrogens with one attached hydrogen (secondary N) is 1. The van der Waals surface area contributed by atoms with E-state index in [4.69, 9.17) is 4.52 Å². The molecule has 1 saturated heterocycles. The van der Waals surface area contributed by atoms with Crippen molar-refractivity contribution in [2.45, 2.75) is 78.2 Å². The zero-order chi connectivity index (χ0) is 26.0. The Morgan fingerprint density at radius 2 is 1.95 bits per heavy atom. The molecule has 1 amide bonds. The van der Waals surface area contributed by atoms with E-state index < -0.39 is 0 Å². The number of unbranched alkanes of at least 4 members (excludes halogenated alkanes) is 4. The van der Waals surface area contributed by atoms with Gasteiger partial charge >= 0.3 is 0 Å². The minimum atomic E-state index is -0.141. The number of carbonyl (C=O) groups is 1. The molecule has 0 aliphatic carbocycles. The Bertz CT molecular complexity index is 1140. The second-order valence-electron chi connectivity index (χ2n) is 10.3. The summed E-state index contributed by atoms with van der Waals surface area (Å²) in [7, 11) is 0. The lowest BCUT2D eigenvalue weighted by Crippen LogP contribution is -2.36. The van der Waals surface area contributed by atoms with Crippen LogP contribution in [0.2, 0.25) is 0 Å². The molecule has 2 aromatic carbocycles. The van der Waals surface area contributed by atoms with Crippen molar-refractivity contribution in [3.05, 3.63) is 65.3 Å². The predicted molar refractivity (Wildman–Crippen MR) is 145 cm³/mol. The van der Waals surface area contributed by atoms with Crippen LogP contribution in [-0.2, 0) is 17.8 Å². The molecule has 2 heterocycles. The van der Waals surface area contributed by atoms with Crippen LogP contribution >= 0.6 is 0 Å². The van der Waals surface area contributed by atoms with E-state index in [-0.39, 0.29) is 11.7 Å². The van der Waals surface area contributed by atoms with Crippen LogP contribution in [0.4, 0.5) is 10.1 Å². The molecule has 1 aliphatic heterocycles. The fourth-order valence-electron chi connectivity index (χ4n) is 5.04. The molecule has 0 saturated carbocycles. The average molecular weight is 507 g/mol. The zero-order valence-electron chi connectivity index (χ0n) is 22.1. The van der Waals surface area contributed by atoms with Gasteiger partial charge in [-0.05, 0) is 80.1 Å². The van der Waals surface area contributed by atoms with Crippen LogP contribution in [0, 0.1) is 18.7 Å². The largest absolute Gasteiger partial charge is 0.339 e. The molecular formula is C30H39FN4O2. The molecule has 6 nitrogen and oxygen atoms in total. The van der Waals surface area contributed by atoms with Gasteiger partial charge < -0.3 is 9.84 Å². The molecule has 1 fully saturated rings. The molecule has 37 heavy (non-hydrogen) atoms. The first-order valence-corrected chi connectivity index (χ1v) is 13.7. The van der Waals surface area contributed by atoms with Crippen LogP contribution in [0.1, 0.15) is 75.3 Å². The third-order valence-corrected chi connectivity index (χ3v) is 7.24. The monoisotopic (exact) mass is 506 g/mol. The van der Waals surface area contributed by atoms with Crippen LogP contribution in [0.5, 0.6) is 0 Å². The van der Waals surface area contributed by atoms with E-state index in [0.29, 0.717) is 24.1 Å². The van der Waals surface area contributed by atoms with E-state index in [1.54, 1.807) is 6.07 Å². The van der Waals surface area contributed by atoms with Crippen LogP contribution in [0.3, 0.4) is 0 Å². The molecule has 1 atom stereocenters. The number of carbonyl (C=O) groups excluding carboxylic acids is 1. The van der Waals surface area contributed by atoms with Gasteiger partial charge in [-0.2, -0.15) is 4.98 Å². The van der Waals surface area contributed by atoms with Gasteiger partial charge in [-0.25, -0.2) is 4.39 Å². The second-order valence-corrected chi connectivity index (χ2v) is 10.3. The highest BCUT2D eigenvalue weighted by molar-refractivity contribution is 5.90. The molecule has 4 rings (SSSR count). The molecule has 198 valence electrons. The Morgan fingerprint density at radius 1 is 1.14 bits per heavy atom. The van der Waals surface area contributed by atoms with Crippen molar-refractivity contribution in [3.63, 3.8) is 0 Å². The molecule has 1 aliphatic rings. The van der Waals surface area contributed by atoms with Crippen LogP contribution < -0.4 is 5.32 Å². The molecule has 0 radical (unpaired) electrons. The standard InChI is InChI=1S/C30H39FN4O2/c1-3-4-5-6-7-13-28(36)32-26-16-14-24(15-17-26)30-33-29(37-34-30)19-23-10-9-18-35(20-23)21-25-11-8-12-27(31)22(25)2/h8,11-12,14-17,23H,3-7,9-10,13,18-21H2,1-2H3,(H,32,36). The van der Waals surface area contributed by atoms with Crippen molar-refractivity contribution < 1.29 is 13.7 Å². The van der Waals surface area contributed by atoms with E-state index in [1.165, 1.54) is 25.3 Å². The fraction of sp³-hybridized carbons (Fsp3) is 0.500. The summed E-state index contributed by atoms with van der Waals surface area (Å²) in [6, 6.07) is 12.9. The predicted octanol–water partition coefficient (Wildman–Crippen LogP) is 6.94. The topological polar surface area (TPSA) is 71.3 Å². The van der Waals surface area contributed by atoms with E-state index in [2.05, 4.69) is 27.3 Å². The number of hydrogen-bond donors (Lipinski definition) is 1. The van der Waals surface area contributed by atoms with E-state index in [9.17, 15) is 9.18 Å². The summed E-state index contributed by atoms with van der Waals surface area (Å²) in [6.45, 7) is 6.75. The van der Waals surface area contributed by atoms with Gasteiger partial charge in [0.2, 0.25) is 17.6 Å². The van der Waals surface area contributed by atoms with Gasteiger partial charge in [0.15, 0.2) is 0 Å². The van der Waals surface area contributed by atoms with Gasteiger partial charge in [0.25, 0.3) is 0 Å². The zero-order valence-corrected chi connectivity index (χ0v) is 22.1. The van der Waals surface area contributed by atoms with Gasteiger partial charge in [-0.3, -0.25) is 9.69 Å². The van der Waals surface area contributed by atoms with Gasteiger partial charge in [0.1, 0.15) is 5.82 Å². The van der Waals surface area contributed by atoms with Crippen molar-refractivity contribution >= 4 is 11.6 Å². The van der Waals surface area contributed by atoms with E-state index in [0.717, 1.165) is 74.1 Å². The van der Waals surface area contributed by atoms with Crippen LogP contribution in [0.25, 0.3) is 11.4 Å². The Labute approximate surface area is 219 Å². The van der Waals surface area contributed by atoms with E-state index in [1.807, 2.05) is 37.3 Å². The summed E-state index contributed by atoms with van der Waals surface area (Å²) in [5.74, 6) is 1.55. The number of benzene rings is 2. The molecular weight excluding hydrogens is 467 g/mol.